The smallest absolute Gasteiger partial charge is 0.331 e. The number of aryl methyl sites for hydroxylation is 1. The van der Waals surface area contributed by atoms with Gasteiger partial charge in [0.1, 0.15) is 6.61 Å². The first-order valence-electron chi connectivity index (χ1n) is 10.2. The molecule has 33 heavy (non-hydrogen) atoms. The summed E-state index contributed by atoms with van der Waals surface area (Å²) in [4.78, 5) is 36.4. The first-order valence-corrected chi connectivity index (χ1v) is 10.2. The molecular formula is C25H22N4O4. The molecule has 8 heteroatoms. The molecule has 4 rings (SSSR count). The van der Waals surface area contributed by atoms with Gasteiger partial charge in [0, 0.05) is 43.7 Å². The van der Waals surface area contributed by atoms with Crippen molar-refractivity contribution in [3.8, 4) is 16.9 Å². The van der Waals surface area contributed by atoms with Gasteiger partial charge in [-0.25, -0.2) is 14.3 Å². The topological polar surface area (TPSA) is 88.1 Å². The SMILES string of the molecule is Cn1cc(/C=C/C(=O)OCc2cn(-c3ccccc3)nc2-c2ccccc2)c(=O)n(C)c1=O. The molecule has 0 spiro atoms. The summed E-state index contributed by atoms with van der Waals surface area (Å²) in [5, 5.41) is 4.69. The van der Waals surface area contributed by atoms with E-state index in [-0.39, 0.29) is 12.2 Å². The summed E-state index contributed by atoms with van der Waals surface area (Å²) in [6, 6.07) is 19.3. The lowest BCUT2D eigenvalue weighted by atomic mass is 10.1. The van der Waals surface area contributed by atoms with E-state index in [0.717, 1.165) is 21.4 Å². The molecule has 0 bridgehead atoms. The van der Waals surface area contributed by atoms with Crippen LogP contribution in [0.5, 0.6) is 0 Å². The van der Waals surface area contributed by atoms with Crippen molar-refractivity contribution in [1.29, 1.82) is 0 Å². The van der Waals surface area contributed by atoms with E-state index in [1.165, 1.54) is 37.0 Å². The predicted molar refractivity (Wildman–Crippen MR) is 125 cm³/mol. The summed E-state index contributed by atoms with van der Waals surface area (Å²) in [5.74, 6) is -0.614. The van der Waals surface area contributed by atoms with Crippen LogP contribution in [0.3, 0.4) is 0 Å². The number of aromatic nitrogens is 4. The van der Waals surface area contributed by atoms with E-state index in [4.69, 9.17) is 9.84 Å². The first-order chi connectivity index (χ1) is 15.9. The van der Waals surface area contributed by atoms with Crippen LogP contribution in [-0.2, 0) is 30.2 Å². The Morgan fingerprint density at radius 3 is 2.33 bits per heavy atom. The molecule has 0 unspecified atom stereocenters. The average Bonchev–Trinajstić information content (AvgIpc) is 3.28. The van der Waals surface area contributed by atoms with Gasteiger partial charge in [-0.1, -0.05) is 48.5 Å². The van der Waals surface area contributed by atoms with Crippen LogP contribution in [0.15, 0.2) is 88.7 Å². The van der Waals surface area contributed by atoms with Gasteiger partial charge in [-0.2, -0.15) is 5.10 Å². The van der Waals surface area contributed by atoms with Crippen LogP contribution in [-0.4, -0.2) is 24.9 Å². The lowest BCUT2D eigenvalue weighted by molar-refractivity contribution is -0.138. The number of hydrogen-bond donors (Lipinski definition) is 0. The second-order valence-corrected chi connectivity index (χ2v) is 7.43. The van der Waals surface area contributed by atoms with E-state index >= 15 is 0 Å². The third-order valence-corrected chi connectivity index (χ3v) is 5.10. The maximum Gasteiger partial charge on any atom is 0.331 e. The molecule has 2 aromatic heterocycles. The Morgan fingerprint density at radius 2 is 1.64 bits per heavy atom. The minimum atomic E-state index is -0.614. The number of carbonyl (C=O) groups is 1. The Hall–Kier alpha value is -4.46. The van der Waals surface area contributed by atoms with E-state index < -0.39 is 17.2 Å². The average molecular weight is 442 g/mol. The number of hydrogen-bond acceptors (Lipinski definition) is 5. The molecule has 8 nitrogen and oxygen atoms in total. The number of carbonyl (C=O) groups excluding carboxylic acids is 1. The molecule has 0 aliphatic carbocycles. The van der Waals surface area contributed by atoms with Gasteiger partial charge in [0.05, 0.1) is 16.9 Å². The highest BCUT2D eigenvalue weighted by molar-refractivity contribution is 5.87. The van der Waals surface area contributed by atoms with E-state index in [1.54, 1.807) is 4.68 Å². The molecule has 0 atom stereocenters. The minimum Gasteiger partial charge on any atom is -0.458 e. The highest BCUT2D eigenvalue weighted by Crippen LogP contribution is 2.24. The molecule has 0 fully saturated rings. The van der Waals surface area contributed by atoms with Crippen molar-refractivity contribution >= 4 is 12.0 Å². The lowest BCUT2D eigenvalue weighted by Gasteiger charge is -2.04. The fraction of sp³-hybridized carbons (Fsp3) is 0.120. The number of para-hydroxylation sites is 1. The van der Waals surface area contributed by atoms with Gasteiger partial charge in [-0.3, -0.25) is 9.36 Å². The maximum atomic E-state index is 12.3. The zero-order valence-corrected chi connectivity index (χ0v) is 18.2. The normalized spacial score (nSPS) is 11.1. The molecule has 0 radical (unpaired) electrons. The molecule has 2 heterocycles. The van der Waals surface area contributed by atoms with Crippen LogP contribution in [0, 0.1) is 0 Å². The predicted octanol–water partition coefficient (Wildman–Crippen LogP) is 2.69. The summed E-state index contributed by atoms with van der Waals surface area (Å²) in [7, 11) is 2.92. The molecular weight excluding hydrogens is 420 g/mol. The van der Waals surface area contributed by atoms with Crippen LogP contribution in [0.2, 0.25) is 0 Å². The Morgan fingerprint density at radius 1 is 0.970 bits per heavy atom. The summed E-state index contributed by atoms with van der Waals surface area (Å²) >= 11 is 0. The maximum absolute atomic E-state index is 12.3. The molecule has 0 aliphatic heterocycles. The van der Waals surface area contributed by atoms with Crippen molar-refractivity contribution in [3.05, 3.63) is 111 Å². The minimum absolute atomic E-state index is 0.00548. The molecule has 0 amide bonds. The zero-order valence-electron chi connectivity index (χ0n) is 18.2. The summed E-state index contributed by atoms with van der Waals surface area (Å²) in [6.07, 6.45) is 5.73. The van der Waals surface area contributed by atoms with Crippen LogP contribution < -0.4 is 11.2 Å². The number of benzene rings is 2. The van der Waals surface area contributed by atoms with Gasteiger partial charge in [0.15, 0.2) is 0 Å². The van der Waals surface area contributed by atoms with Gasteiger partial charge in [0.2, 0.25) is 0 Å². The second kappa shape index (κ2) is 9.35. The van der Waals surface area contributed by atoms with Crippen molar-refractivity contribution in [2.45, 2.75) is 6.61 Å². The highest BCUT2D eigenvalue weighted by Gasteiger charge is 2.14. The molecule has 166 valence electrons. The van der Waals surface area contributed by atoms with E-state index in [2.05, 4.69) is 0 Å². The summed E-state index contributed by atoms with van der Waals surface area (Å²) in [5.41, 5.74) is 2.52. The summed E-state index contributed by atoms with van der Waals surface area (Å²) in [6.45, 7) is 0.00548. The number of esters is 1. The van der Waals surface area contributed by atoms with E-state index in [9.17, 15) is 14.4 Å². The molecule has 2 aromatic carbocycles. The number of rotatable bonds is 6. The van der Waals surface area contributed by atoms with Crippen LogP contribution in [0.1, 0.15) is 11.1 Å². The Kier molecular flexibility index (Phi) is 6.17. The fourth-order valence-corrected chi connectivity index (χ4v) is 3.37. The van der Waals surface area contributed by atoms with Crippen molar-refractivity contribution in [2.75, 3.05) is 0 Å². The van der Waals surface area contributed by atoms with Gasteiger partial charge in [-0.15, -0.1) is 0 Å². The number of ether oxygens (including phenoxy) is 1. The Labute approximate surface area is 189 Å². The standard InChI is InChI=1S/C25H22N4O4/c1-27-15-19(24(31)28(2)25(27)32)13-14-22(30)33-17-20-16-29(21-11-7-4-8-12-21)26-23(20)18-9-5-3-6-10-18/h3-16H,17H2,1-2H3/b14-13+. The lowest BCUT2D eigenvalue weighted by Crippen LogP contribution is -2.37. The molecule has 4 aromatic rings. The Bertz CT molecular complexity index is 1430. The van der Waals surface area contributed by atoms with Crippen LogP contribution >= 0.6 is 0 Å². The largest absolute Gasteiger partial charge is 0.458 e. The first kappa shape index (κ1) is 21.8. The van der Waals surface area contributed by atoms with Crippen molar-refractivity contribution in [1.82, 2.24) is 18.9 Å². The van der Waals surface area contributed by atoms with Crippen molar-refractivity contribution in [3.63, 3.8) is 0 Å². The van der Waals surface area contributed by atoms with Gasteiger partial charge in [-0.05, 0) is 18.2 Å². The summed E-state index contributed by atoms with van der Waals surface area (Å²) < 4.78 is 9.43. The molecule has 0 saturated heterocycles. The fourth-order valence-electron chi connectivity index (χ4n) is 3.37. The van der Waals surface area contributed by atoms with Gasteiger partial charge in [0.25, 0.3) is 5.56 Å². The Balaban J connectivity index is 1.56. The van der Waals surface area contributed by atoms with Crippen LogP contribution in [0.4, 0.5) is 0 Å². The molecule has 0 aliphatic rings. The number of nitrogens with zero attached hydrogens (tertiary/aromatic N) is 4. The second-order valence-electron chi connectivity index (χ2n) is 7.43. The zero-order chi connectivity index (χ0) is 23.4. The monoisotopic (exact) mass is 442 g/mol. The third-order valence-electron chi connectivity index (χ3n) is 5.10. The van der Waals surface area contributed by atoms with E-state index in [0.29, 0.717) is 5.69 Å². The van der Waals surface area contributed by atoms with Gasteiger partial charge < -0.3 is 9.30 Å². The van der Waals surface area contributed by atoms with E-state index in [1.807, 2.05) is 66.9 Å². The third kappa shape index (κ3) is 4.74. The molecule has 0 saturated carbocycles. The highest BCUT2D eigenvalue weighted by atomic mass is 16.5. The van der Waals surface area contributed by atoms with Crippen molar-refractivity contribution < 1.29 is 9.53 Å². The molecule has 0 N–H and O–H groups in total. The van der Waals surface area contributed by atoms with Crippen molar-refractivity contribution in [2.24, 2.45) is 14.1 Å². The quantitative estimate of drug-likeness (QED) is 0.338. The van der Waals surface area contributed by atoms with Gasteiger partial charge >= 0.3 is 11.7 Å². The van der Waals surface area contributed by atoms with Crippen LogP contribution in [0.25, 0.3) is 23.0 Å².